The van der Waals surface area contributed by atoms with Crippen LogP contribution in [0.2, 0.25) is 5.22 Å². The number of fused-ring (bicyclic) bond motifs is 1. The van der Waals surface area contributed by atoms with Crippen molar-refractivity contribution in [3.05, 3.63) is 68.7 Å². The molecule has 0 spiro atoms. The number of carbonyl (C=O) groups is 2. The highest BCUT2D eigenvalue weighted by Crippen LogP contribution is 2.52. The predicted octanol–water partition coefficient (Wildman–Crippen LogP) is 6.43. The average Bonchev–Trinajstić information content (AvgIpc) is 3.26. The number of rotatable bonds is 5. The standard InChI is InChI=1S/C24H17ClN2O5S2/c1-13(14-5-3-2-4-6-14)31-23(30)26-20-16(27-32-21(20)25)8-7-15-11-17-18(33-15)12-19(34-17)24(9-10-24)22(28)29/h2-6,11-13H,9-10H2,1H3,(H,26,30)(H,28,29). The Morgan fingerprint density at radius 3 is 2.62 bits per heavy atom. The van der Waals surface area contributed by atoms with E-state index in [2.05, 4.69) is 22.3 Å². The van der Waals surface area contributed by atoms with Gasteiger partial charge in [0.15, 0.2) is 5.69 Å². The van der Waals surface area contributed by atoms with E-state index in [1.807, 2.05) is 42.5 Å². The molecule has 1 saturated carbocycles. The summed E-state index contributed by atoms with van der Waals surface area (Å²) in [6, 6.07) is 13.2. The summed E-state index contributed by atoms with van der Waals surface area (Å²) in [5.41, 5.74) is 0.456. The van der Waals surface area contributed by atoms with Crippen LogP contribution in [-0.4, -0.2) is 22.3 Å². The van der Waals surface area contributed by atoms with E-state index in [0.29, 0.717) is 12.8 Å². The number of carboxylic acids is 1. The fraction of sp³-hybridized carbons (Fsp3) is 0.208. The van der Waals surface area contributed by atoms with E-state index in [9.17, 15) is 14.7 Å². The van der Waals surface area contributed by atoms with Crippen LogP contribution in [0.25, 0.3) is 9.40 Å². The summed E-state index contributed by atoms with van der Waals surface area (Å²) in [5.74, 6) is 5.13. The van der Waals surface area contributed by atoms with Crippen LogP contribution in [0.5, 0.6) is 0 Å². The molecule has 1 aliphatic carbocycles. The van der Waals surface area contributed by atoms with Crippen LogP contribution in [0.15, 0.2) is 47.0 Å². The molecule has 5 rings (SSSR count). The number of hydrogen-bond donors (Lipinski definition) is 2. The lowest BCUT2D eigenvalue weighted by Gasteiger charge is -2.13. The molecule has 7 nitrogen and oxygen atoms in total. The van der Waals surface area contributed by atoms with Gasteiger partial charge in [-0.25, -0.2) is 4.79 Å². The summed E-state index contributed by atoms with van der Waals surface area (Å²) in [6.07, 6.45) is 0.186. The second-order valence-electron chi connectivity index (χ2n) is 7.85. The smallest absolute Gasteiger partial charge is 0.412 e. The van der Waals surface area contributed by atoms with Crippen molar-refractivity contribution < 1.29 is 24.0 Å². The SMILES string of the molecule is CC(OC(=O)Nc1c(C#Cc2cc3sc(C4(C(=O)O)CC4)cc3s2)noc1Cl)c1ccccc1. The minimum absolute atomic E-state index is 0.103. The summed E-state index contributed by atoms with van der Waals surface area (Å²) in [7, 11) is 0. The van der Waals surface area contributed by atoms with Gasteiger partial charge in [-0.2, -0.15) is 0 Å². The first-order valence-corrected chi connectivity index (χ1v) is 12.3. The minimum atomic E-state index is -0.763. The predicted molar refractivity (Wildman–Crippen MR) is 131 cm³/mol. The number of carboxylic acid groups (broad SMARTS) is 1. The van der Waals surface area contributed by atoms with Gasteiger partial charge in [0.05, 0.1) is 4.88 Å². The number of amides is 1. The molecule has 3 heterocycles. The molecular formula is C24H17ClN2O5S2. The van der Waals surface area contributed by atoms with E-state index in [1.54, 1.807) is 6.92 Å². The summed E-state index contributed by atoms with van der Waals surface area (Å²) in [6.45, 7) is 1.76. The number of aromatic nitrogens is 1. The number of nitrogens with zero attached hydrogens (tertiary/aromatic N) is 1. The molecular weight excluding hydrogens is 496 g/mol. The number of halogens is 1. The molecule has 0 bridgehead atoms. The van der Waals surface area contributed by atoms with Crippen LogP contribution >= 0.6 is 34.3 Å². The second kappa shape index (κ2) is 8.80. The zero-order valence-electron chi connectivity index (χ0n) is 17.8. The zero-order chi connectivity index (χ0) is 23.9. The molecule has 1 unspecified atom stereocenters. The Balaban J connectivity index is 1.30. The van der Waals surface area contributed by atoms with E-state index < -0.39 is 23.6 Å². The fourth-order valence-electron chi connectivity index (χ4n) is 3.49. The van der Waals surface area contributed by atoms with Gasteiger partial charge >= 0.3 is 12.1 Å². The van der Waals surface area contributed by atoms with Gasteiger partial charge in [-0.1, -0.05) is 35.5 Å². The first-order valence-electron chi connectivity index (χ1n) is 10.3. The number of nitrogens with one attached hydrogen (secondary N) is 1. The molecule has 1 aliphatic rings. The molecule has 10 heteroatoms. The maximum Gasteiger partial charge on any atom is 0.412 e. The maximum atomic E-state index is 12.4. The van der Waals surface area contributed by atoms with Crippen LogP contribution in [0, 0.1) is 11.8 Å². The first kappa shape index (κ1) is 22.5. The van der Waals surface area contributed by atoms with Gasteiger partial charge in [0.25, 0.3) is 5.22 Å². The zero-order valence-corrected chi connectivity index (χ0v) is 20.1. The maximum absolute atomic E-state index is 12.4. The van der Waals surface area contributed by atoms with E-state index in [1.165, 1.54) is 22.7 Å². The fourth-order valence-corrected chi connectivity index (χ4v) is 6.15. The number of benzene rings is 1. The third kappa shape index (κ3) is 4.28. The second-order valence-corrected chi connectivity index (χ2v) is 10.4. The Morgan fingerprint density at radius 2 is 1.94 bits per heavy atom. The van der Waals surface area contributed by atoms with Crippen LogP contribution in [0.3, 0.4) is 0 Å². The molecule has 4 aromatic rings. The number of ether oxygens (including phenoxy) is 1. The van der Waals surface area contributed by atoms with Gasteiger partial charge < -0.3 is 14.4 Å². The van der Waals surface area contributed by atoms with Crippen molar-refractivity contribution in [2.75, 3.05) is 5.32 Å². The lowest BCUT2D eigenvalue weighted by Crippen LogP contribution is -2.17. The molecule has 1 amide bonds. The number of thiophene rings is 2. The topological polar surface area (TPSA) is 102 Å². The summed E-state index contributed by atoms with van der Waals surface area (Å²) < 4.78 is 12.4. The third-order valence-electron chi connectivity index (χ3n) is 5.57. The first-order chi connectivity index (χ1) is 16.4. The Kier molecular flexibility index (Phi) is 5.81. The highest BCUT2D eigenvalue weighted by molar-refractivity contribution is 7.28. The van der Waals surface area contributed by atoms with E-state index in [0.717, 1.165) is 24.7 Å². The molecule has 2 N–H and O–H groups in total. The monoisotopic (exact) mass is 512 g/mol. The largest absolute Gasteiger partial charge is 0.481 e. The van der Waals surface area contributed by atoms with Gasteiger partial charge in [0.2, 0.25) is 0 Å². The molecule has 1 atom stereocenters. The van der Waals surface area contributed by atoms with Crippen molar-refractivity contribution in [3.63, 3.8) is 0 Å². The van der Waals surface area contributed by atoms with Crippen molar-refractivity contribution in [1.82, 2.24) is 5.16 Å². The van der Waals surface area contributed by atoms with Gasteiger partial charge in [0.1, 0.15) is 17.2 Å². The third-order valence-corrected chi connectivity index (χ3v) is 8.24. The van der Waals surface area contributed by atoms with Gasteiger partial charge in [0, 0.05) is 14.3 Å². The van der Waals surface area contributed by atoms with E-state index in [4.69, 9.17) is 20.9 Å². The highest BCUT2D eigenvalue weighted by atomic mass is 35.5. The van der Waals surface area contributed by atoms with Gasteiger partial charge in [-0.15, -0.1) is 22.7 Å². The van der Waals surface area contributed by atoms with Crippen molar-refractivity contribution in [3.8, 4) is 11.8 Å². The molecule has 172 valence electrons. The Hall–Kier alpha value is -3.32. The molecule has 34 heavy (non-hydrogen) atoms. The minimum Gasteiger partial charge on any atom is -0.481 e. The van der Waals surface area contributed by atoms with Crippen molar-refractivity contribution in [2.45, 2.75) is 31.3 Å². The Labute approximate surface area is 207 Å². The molecule has 1 aromatic carbocycles. The average molecular weight is 513 g/mol. The number of hydrogen-bond acceptors (Lipinski definition) is 7. The summed E-state index contributed by atoms with van der Waals surface area (Å²) >= 11 is 9.01. The van der Waals surface area contributed by atoms with E-state index in [-0.39, 0.29) is 16.6 Å². The molecule has 0 aliphatic heterocycles. The van der Waals surface area contributed by atoms with Crippen LogP contribution in [0.4, 0.5) is 10.5 Å². The van der Waals surface area contributed by atoms with E-state index >= 15 is 0 Å². The molecule has 0 saturated heterocycles. The molecule has 1 fully saturated rings. The lowest BCUT2D eigenvalue weighted by atomic mass is 10.1. The Morgan fingerprint density at radius 1 is 1.21 bits per heavy atom. The van der Waals surface area contributed by atoms with Gasteiger partial charge in [-0.05, 0) is 60.9 Å². The quantitative estimate of drug-likeness (QED) is 0.299. The summed E-state index contributed by atoms with van der Waals surface area (Å²) in [4.78, 5) is 25.6. The van der Waals surface area contributed by atoms with Crippen molar-refractivity contribution in [2.24, 2.45) is 0 Å². The van der Waals surface area contributed by atoms with Crippen molar-refractivity contribution in [1.29, 1.82) is 0 Å². The lowest BCUT2D eigenvalue weighted by molar-refractivity contribution is -0.139. The number of carbonyl (C=O) groups excluding carboxylic acids is 1. The Bertz CT molecular complexity index is 1430. The molecule has 3 aromatic heterocycles. The van der Waals surface area contributed by atoms with Gasteiger partial charge in [-0.3, -0.25) is 10.1 Å². The number of aliphatic carboxylic acids is 1. The highest BCUT2D eigenvalue weighted by Gasteiger charge is 2.53. The normalized spacial score (nSPS) is 14.8. The van der Waals surface area contributed by atoms with Crippen LogP contribution in [0.1, 0.15) is 46.9 Å². The van der Waals surface area contributed by atoms with Crippen LogP contribution in [-0.2, 0) is 14.9 Å². The van der Waals surface area contributed by atoms with Crippen molar-refractivity contribution >= 4 is 61.4 Å². The summed E-state index contributed by atoms with van der Waals surface area (Å²) in [5, 5.41) is 15.8. The number of anilines is 1. The van der Waals surface area contributed by atoms with Crippen LogP contribution < -0.4 is 5.32 Å². The molecule has 0 radical (unpaired) electrons.